The van der Waals surface area contributed by atoms with Gasteiger partial charge in [-0.05, 0) is 6.07 Å². The first-order chi connectivity index (χ1) is 8.31. The molecule has 92 valence electrons. The fourth-order valence-electron chi connectivity index (χ4n) is 1.40. The van der Waals surface area contributed by atoms with Crippen LogP contribution in [0.4, 0.5) is 18.9 Å². The van der Waals surface area contributed by atoms with Gasteiger partial charge in [0.05, 0.1) is 40.2 Å². The summed E-state index contributed by atoms with van der Waals surface area (Å²) in [5.74, 6) is 0. The number of nitro groups is 1. The molecule has 0 unspecified atom stereocenters. The van der Waals surface area contributed by atoms with Crippen molar-refractivity contribution in [2.24, 2.45) is 0 Å². The van der Waals surface area contributed by atoms with Crippen LogP contribution in [0.5, 0.6) is 0 Å². The van der Waals surface area contributed by atoms with Crippen LogP contribution in [0.1, 0.15) is 16.7 Å². The van der Waals surface area contributed by atoms with Crippen LogP contribution in [0.25, 0.3) is 0 Å². The summed E-state index contributed by atoms with van der Waals surface area (Å²) in [6.07, 6.45) is -5.61. The van der Waals surface area contributed by atoms with E-state index >= 15 is 0 Å². The SMILES string of the molecule is N#CCc1c([N+](=O)[O-])cc(C#N)cc1C(F)(F)F. The predicted molar refractivity (Wildman–Crippen MR) is 52.1 cm³/mol. The molecule has 0 bridgehead atoms. The highest BCUT2D eigenvalue weighted by Gasteiger charge is 2.37. The predicted octanol–water partition coefficient (Wildman–Crippen LogP) is 2.55. The summed E-state index contributed by atoms with van der Waals surface area (Å²) in [5.41, 5.74) is -3.40. The van der Waals surface area contributed by atoms with Crippen molar-refractivity contribution < 1.29 is 18.1 Å². The Morgan fingerprint density at radius 1 is 1.33 bits per heavy atom. The van der Waals surface area contributed by atoms with E-state index in [9.17, 15) is 23.3 Å². The molecule has 0 radical (unpaired) electrons. The third-order valence-corrected chi connectivity index (χ3v) is 2.11. The number of nitro benzene ring substituents is 1. The minimum atomic E-state index is -4.86. The van der Waals surface area contributed by atoms with Crippen molar-refractivity contribution in [3.05, 3.63) is 38.9 Å². The number of alkyl halides is 3. The Balaban J connectivity index is 3.68. The fourth-order valence-corrected chi connectivity index (χ4v) is 1.40. The zero-order valence-corrected chi connectivity index (χ0v) is 8.65. The maximum atomic E-state index is 12.7. The molecule has 0 heterocycles. The second-order valence-corrected chi connectivity index (χ2v) is 3.22. The molecule has 5 nitrogen and oxygen atoms in total. The monoisotopic (exact) mass is 255 g/mol. The van der Waals surface area contributed by atoms with Gasteiger partial charge in [0, 0.05) is 6.07 Å². The number of benzene rings is 1. The van der Waals surface area contributed by atoms with E-state index in [1.165, 1.54) is 12.1 Å². The Kier molecular flexibility index (Phi) is 3.53. The van der Waals surface area contributed by atoms with Crippen molar-refractivity contribution in [3.8, 4) is 12.1 Å². The van der Waals surface area contributed by atoms with Crippen LogP contribution in [0.2, 0.25) is 0 Å². The molecule has 8 heteroatoms. The molecule has 18 heavy (non-hydrogen) atoms. The summed E-state index contributed by atoms with van der Waals surface area (Å²) >= 11 is 0. The third-order valence-electron chi connectivity index (χ3n) is 2.11. The van der Waals surface area contributed by atoms with E-state index in [1.807, 2.05) is 0 Å². The van der Waals surface area contributed by atoms with Crippen LogP contribution in [-0.4, -0.2) is 4.92 Å². The quantitative estimate of drug-likeness (QED) is 0.599. The maximum Gasteiger partial charge on any atom is 0.417 e. The van der Waals surface area contributed by atoms with Crippen LogP contribution in [0.3, 0.4) is 0 Å². The number of nitrogens with zero attached hydrogens (tertiary/aromatic N) is 3. The second kappa shape index (κ2) is 4.72. The maximum absolute atomic E-state index is 12.7. The van der Waals surface area contributed by atoms with Gasteiger partial charge in [-0.25, -0.2) is 0 Å². The van der Waals surface area contributed by atoms with Crippen LogP contribution >= 0.6 is 0 Å². The van der Waals surface area contributed by atoms with Gasteiger partial charge in [-0.2, -0.15) is 23.7 Å². The highest BCUT2D eigenvalue weighted by atomic mass is 19.4. The van der Waals surface area contributed by atoms with Crippen LogP contribution in [-0.2, 0) is 12.6 Å². The van der Waals surface area contributed by atoms with Gasteiger partial charge in [0.15, 0.2) is 0 Å². The summed E-state index contributed by atoms with van der Waals surface area (Å²) in [4.78, 5) is 9.62. The molecule has 1 aromatic rings. The van der Waals surface area contributed by atoms with Gasteiger partial charge in [-0.1, -0.05) is 0 Å². The summed E-state index contributed by atoms with van der Waals surface area (Å²) in [7, 11) is 0. The molecule has 0 aromatic heterocycles. The zero-order valence-electron chi connectivity index (χ0n) is 8.65. The van der Waals surface area contributed by atoms with Gasteiger partial charge >= 0.3 is 6.18 Å². The van der Waals surface area contributed by atoms with Crippen molar-refractivity contribution in [2.45, 2.75) is 12.6 Å². The number of nitriles is 2. The molecule has 1 rings (SSSR count). The normalized spacial score (nSPS) is 10.5. The van der Waals surface area contributed by atoms with E-state index in [4.69, 9.17) is 10.5 Å². The summed E-state index contributed by atoms with van der Waals surface area (Å²) in [5, 5.41) is 27.7. The van der Waals surface area contributed by atoms with Gasteiger partial charge in [-0.15, -0.1) is 0 Å². The molecule has 0 saturated carbocycles. The number of hydrogen-bond acceptors (Lipinski definition) is 4. The molecule has 0 atom stereocenters. The average Bonchev–Trinajstić information content (AvgIpc) is 2.27. The highest BCUT2D eigenvalue weighted by molar-refractivity contribution is 5.54. The topological polar surface area (TPSA) is 90.7 Å². The van der Waals surface area contributed by atoms with Gasteiger partial charge in [0.25, 0.3) is 5.69 Å². The van der Waals surface area contributed by atoms with Gasteiger partial charge in [0.2, 0.25) is 0 Å². The molecular formula is C10H4F3N3O2. The fraction of sp³-hybridized carbons (Fsp3) is 0.200. The van der Waals surface area contributed by atoms with E-state index in [-0.39, 0.29) is 0 Å². The first-order valence-corrected chi connectivity index (χ1v) is 4.46. The molecule has 0 aliphatic carbocycles. The van der Waals surface area contributed by atoms with Gasteiger partial charge in [-0.3, -0.25) is 10.1 Å². The molecule has 0 N–H and O–H groups in total. The van der Waals surface area contributed by atoms with Crippen molar-refractivity contribution in [1.82, 2.24) is 0 Å². The first-order valence-electron chi connectivity index (χ1n) is 4.46. The standard InChI is InChI=1S/C10H4F3N3O2/c11-10(12,13)8-3-6(5-15)4-9(16(17)18)7(8)1-2-14/h3-4H,1H2. The molecule has 0 saturated heterocycles. The molecule has 0 fully saturated rings. The van der Waals surface area contributed by atoms with E-state index < -0.39 is 39.9 Å². The molecule has 0 spiro atoms. The van der Waals surface area contributed by atoms with Crippen LogP contribution in [0, 0.1) is 32.8 Å². The van der Waals surface area contributed by atoms with Crippen molar-refractivity contribution >= 4 is 5.69 Å². The number of hydrogen-bond donors (Lipinski definition) is 0. The lowest BCUT2D eigenvalue weighted by Crippen LogP contribution is -2.11. The third kappa shape index (κ3) is 2.55. The molecule has 0 aliphatic rings. The Hall–Kier alpha value is -2.61. The lowest BCUT2D eigenvalue weighted by Gasteiger charge is -2.11. The van der Waals surface area contributed by atoms with E-state index in [2.05, 4.69) is 0 Å². The van der Waals surface area contributed by atoms with Crippen LogP contribution in [0.15, 0.2) is 12.1 Å². The van der Waals surface area contributed by atoms with Crippen molar-refractivity contribution in [1.29, 1.82) is 10.5 Å². The lowest BCUT2D eigenvalue weighted by molar-refractivity contribution is -0.385. The summed E-state index contributed by atoms with van der Waals surface area (Å²) in [6, 6.07) is 4.08. The molecule has 0 amide bonds. The first kappa shape index (κ1) is 13.5. The zero-order chi connectivity index (χ0) is 13.9. The Morgan fingerprint density at radius 3 is 2.33 bits per heavy atom. The van der Waals surface area contributed by atoms with E-state index in [1.54, 1.807) is 0 Å². The largest absolute Gasteiger partial charge is 0.417 e. The van der Waals surface area contributed by atoms with Crippen molar-refractivity contribution in [3.63, 3.8) is 0 Å². The Bertz CT molecular complexity index is 582. The Labute approximate surface area is 98.8 Å². The minimum Gasteiger partial charge on any atom is -0.258 e. The number of rotatable bonds is 2. The lowest BCUT2D eigenvalue weighted by atomic mass is 9.99. The summed E-state index contributed by atoms with van der Waals surface area (Å²) < 4.78 is 38.1. The average molecular weight is 255 g/mol. The highest BCUT2D eigenvalue weighted by Crippen LogP contribution is 2.37. The van der Waals surface area contributed by atoms with Gasteiger partial charge < -0.3 is 0 Å². The molecule has 0 aliphatic heterocycles. The molecular weight excluding hydrogens is 251 g/mol. The Morgan fingerprint density at radius 2 is 1.94 bits per heavy atom. The van der Waals surface area contributed by atoms with Crippen molar-refractivity contribution in [2.75, 3.05) is 0 Å². The minimum absolute atomic E-state index is 0.476. The molecule has 1 aromatic carbocycles. The summed E-state index contributed by atoms with van der Waals surface area (Å²) in [6.45, 7) is 0. The van der Waals surface area contributed by atoms with E-state index in [0.29, 0.717) is 6.07 Å². The smallest absolute Gasteiger partial charge is 0.258 e. The second-order valence-electron chi connectivity index (χ2n) is 3.22. The van der Waals surface area contributed by atoms with Gasteiger partial charge in [0.1, 0.15) is 0 Å². The van der Waals surface area contributed by atoms with E-state index in [0.717, 1.165) is 6.07 Å². The number of halogens is 3. The van der Waals surface area contributed by atoms with Crippen LogP contribution < -0.4 is 0 Å².